The van der Waals surface area contributed by atoms with Crippen LogP contribution in [-0.2, 0) is 11.3 Å². The van der Waals surface area contributed by atoms with Crippen LogP contribution in [0.1, 0.15) is 64.7 Å². The number of carbonyl (C=O) groups excluding carboxylic acids is 1. The third-order valence-electron chi connectivity index (χ3n) is 9.63. The van der Waals surface area contributed by atoms with Gasteiger partial charge < -0.3 is 5.11 Å². The highest BCUT2D eigenvalue weighted by molar-refractivity contribution is 5.82. The Labute approximate surface area is 176 Å². The maximum atomic E-state index is 13.4. The van der Waals surface area contributed by atoms with E-state index in [1.54, 1.807) is 17.1 Å². The van der Waals surface area contributed by atoms with Gasteiger partial charge in [-0.05, 0) is 92.8 Å². The van der Waals surface area contributed by atoms with E-state index in [2.05, 4.69) is 17.2 Å². The second-order valence-corrected chi connectivity index (χ2v) is 10.8. The Kier molecular flexibility index (Phi) is 5.03. The number of rotatable bonds is 4. The van der Waals surface area contributed by atoms with Crippen LogP contribution in [-0.4, -0.2) is 37.9 Å². The molecule has 0 aliphatic heterocycles. The van der Waals surface area contributed by atoms with Crippen molar-refractivity contribution in [3.8, 4) is 0 Å². The fourth-order valence-electron chi connectivity index (χ4n) is 8.22. The third kappa shape index (κ3) is 3.14. The molecule has 0 unspecified atom stereocenters. The number of alkyl halides is 2. The van der Waals surface area contributed by atoms with E-state index in [0.29, 0.717) is 30.2 Å². The molecule has 4 aliphatic rings. The largest absolute Gasteiger partial charge is 0.384 e. The molecule has 0 amide bonds. The summed E-state index contributed by atoms with van der Waals surface area (Å²) in [7, 11) is 0. The Morgan fingerprint density at radius 2 is 1.93 bits per heavy atom. The fourth-order valence-corrected chi connectivity index (χ4v) is 8.22. The summed E-state index contributed by atoms with van der Waals surface area (Å²) in [5.74, 6) is 2.79. The minimum Gasteiger partial charge on any atom is -0.384 e. The Hall–Kier alpha value is -1.37. The molecule has 5 nitrogen and oxygen atoms in total. The predicted molar refractivity (Wildman–Crippen MR) is 107 cm³/mol. The lowest BCUT2D eigenvalue weighted by Crippen LogP contribution is -2.53. The molecule has 1 aromatic rings. The second-order valence-electron chi connectivity index (χ2n) is 10.8. The van der Waals surface area contributed by atoms with Crippen LogP contribution < -0.4 is 0 Å². The van der Waals surface area contributed by atoms with Crippen molar-refractivity contribution < 1.29 is 18.7 Å². The van der Waals surface area contributed by atoms with Gasteiger partial charge in [-0.25, -0.2) is 13.5 Å². The molecule has 0 aromatic carbocycles. The first-order valence-corrected chi connectivity index (χ1v) is 11.7. The summed E-state index contributed by atoms with van der Waals surface area (Å²) in [6, 6.07) is 0. The summed E-state index contributed by atoms with van der Waals surface area (Å²) in [5, 5.41) is 18.1. The van der Waals surface area contributed by atoms with Crippen molar-refractivity contribution >= 4 is 5.78 Å². The number of fused-ring (bicyclic) bond motifs is 5. The summed E-state index contributed by atoms with van der Waals surface area (Å²) in [4.78, 5) is 13.1. The molecule has 8 atom stereocenters. The molecule has 166 valence electrons. The van der Waals surface area contributed by atoms with Gasteiger partial charge in [0, 0.05) is 12.1 Å². The molecule has 5 rings (SSSR count). The van der Waals surface area contributed by atoms with Gasteiger partial charge in [-0.1, -0.05) is 12.1 Å². The van der Waals surface area contributed by atoms with E-state index in [1.165, 1.54) is 0 Å². The van der Waals surface area contributed by atoms with Gasteiger partial charge in [0.05, 0.1) is 6.20 Å². The predicted octanol–water partition coefficient (Wildman–Crippen LogP) is 4.11. The fraction of sp³-hybridized carbons (Fsp3) is 0.870. The first-order chi connectivity index (χ1) is 14.3. The summed E-state index contributed by atoms with van der Waals surface area (Å²) in [5.41, 5.74) is -1.73. The molecular formula is C23H33F2N3O2. The lowest BCUT2D eigenvalue weighted by atomic mass is 9.49. The average Bonchev–Trinajstić information content (AvgIpc) is 3.34. The Bertz CT molecular complexity index is 787. The van der Waals surface area contributed by atoms with Gasteiger partial charge in [-0.3, -0.25) is 4.79 Å². The van der Waals surface area contributed by atoms with E-state index in [0.717, 1.165) is 44.9 Å². The van der Waals surface area contributed by atoms with Crippen LogP contribution in [0.5, 0.6) is 0 Å². The molecule has 0 radical (unpaired) electrons. The SMILES string of the molecule is C[C@]12CC[C@H]3[C@@H](CC[C@H]4C[C@@](O)(C(F)F)CC[C@@H]43)[C@@H]1CC[C@@H]2C(=O)Cn1ccnn1. The van der Waals surface area contributed by atoms with Gasteiger partial charge >= 0.3 is 0 Å². The van der Waals surface area contributed by atoms with Crippen molar-refractivity contribution in [3.63, 3.8) is 0 Å². The molecule has 4 fully saturated rings. The third-order valence-corrected chi connectivity index (χ3v) is 9.63. The van der Waals surface area contributed by atoms with Crippen molar-refractivity contribution in [2.24, 2.45) is 40.9 Å². The topological polar surface area (TPSA) is 68.0 Å². The van der Waals surface area contributed by atoms with Gasteiger partial charge in [0.2, 0.25) is 0 Å². The number of Topliss-reactive ketones (excluding diaryl/α,β-unsaturated/α-hetero) is 1. The van der Waals surface area contributed by atoms with E-state index in [1.807, 2.05) is 0 Å². The van der Waals surface area contributed by atoms with Crippen LogP contribution in [0.4, 0.5) is 8.78 Å². The van der Waals surface area contributed by atoms with E-state index >= 15 is 0 Å². The minimum absolute atomic E-state index is 0.0457. The second kappa shape index (κ2) is 7.35. The Morgan fingerprint density at radius 1 is 1.13 bits per heavy atom. The molecule has 0 bridgehead atoms. The zero-order valence-electron chi connectivity index (χ0n) is 17.7. The number of hydrogen-bond acceptors (Lipinski definition) is 4. The van der Waals surface area contributed by atoms with E-state index in [4.69, 9.17) is 0 Å². The molecule has 0 saturated heterocycles. The van der Waals surface area contributed by atoms with E-state index < -0.39 is 12.0 Å². The maximum Gasteiger partial charge on any atom is 0.266 e. The van der Waals surface area contributed by atoms with Gasteiger partial charge in [-0.2, -0.15) is 0 Å². The highest BCUT2D eigenvalue weighted by Gasteiger charge is 2.59. The zero-order valence-corrected chi connectivity index (χ0v) is 17.7. The standard InChI is InChI=1S/C23H33F2N3O2/c1-22-8-6-16-15-7-9-23(30,21(24)25)12-14(15)2-3-17(16)18(22)4-5-19(22)20(29)13-28-11-10-26-27-28/h10-11,14-19,21,30H,2-9,12-13H2,1H3/t14-,15-,16+,17+,18-,19+,22-,23+/m0/s1. The molecule has 1 aromatic heterocycles. The van der Waals surface area contributed by atoms with Crippen LogP contribution in [0.25, 0.3) is 0 Å². The highest BCUT2D eigenvalue weighted by atomic mass is 19.3. The quantitative estimate of drug-likeness (QED) is 0.794. The number of aromatic nitrogens is 3. The monoisotopic (exact) mass is 421 g/mol. The van der Waals surface area contributed by atoms with Crippen molar-refractivity contribution in [3.05, 3.63) is 12.4 Å². The van der Waals surface area contributed by atoms with Crippen molar-refractivity contribution in [1.82, 2.24) is 15.0 Å². The summed E-state index contributed by atoms with van der Waals surface area (Å²) < 4.78 is 28.4. The van der Waals surface area contributed by atoms with E-state index in [9.17, 15) is 18.7 Å². The van der Waals surface area contributed by atoms with Gasteiger partial charge in [-0.15, -0.1) is 5.10 Å². The molecule has 0 spiro atoms. The lowest BCUT2D eigenvalue weighted by molar-refractivity contribution is -0.160. The number of carbonyl (C=O) groups is 1. The highest BCUT2D eigenvalue weighted by Crippen LogP contribution is 2.64. The number of nitrogens with zero attached hydrogens (tertiary/aromatic N) is 3. The number of halogens is 2. The number of ketones is 1. The van der Waals surface area contributed by atoms with Crippen LogP contribution in [0.2, 0.25) is 0 Å². The molecule has 30 heavy (non-hydrogen) atoms. The van der Waals surface area contributed by atoms with Crippen LogP contribution in [0, 0.1) is 40.9 Å². The summed E-state index contributed by atoms with van der Waals surface area (Å²) in [6.45, 7) is 2.63. The number of aliphatic hydroxyl groups is 1. The van der Waals surface area contributed by atoms with Gasteiger partial charge in [0.25, 0.3) is 6.43 Å². The van der Waals surface area contributed by atoms with Crippen molar-refractivity contribution in [1.29, 1.82) is 0 Å². The molecule has 1 heterocycles. The number of hydrogen-bond donors (Lipinski definition) is 1. The molecular weight excluding hydrogens is 388 g/mol. The summed E-state index contributed by atoms with van der Waals surface area (Å²) >= 11 is 0. The Morgan fingerprint density at radius 3 is 2.67 bits per heavy atom. The van der Waals surface area contributed by atoms with Crippen molar-refractivity contribution in [2.45, 2.75) is 83.3 Å². The maximum absolute atomic E-state index is 13.4. The van der Waals surface area contributed by atoms with Crippen molar-refractivity contribution in [2.75, 3.05) is 0 Å². The van der Waals surface area contributed by atoms with E-state index in [-0.39, 0.29) is 35.9 Å². The molecule has 4 aliphatic carbocycles. The molecule has 4 saturated carbocycles. The van der Waals surface area contributed by atoms with Crippen LogP contribution >= 0.6 is 0 Å². The zero-order chi connectivity index (χ0) is 21.1. The Balaban J connectivity index is 1.30. The summed E-state index contributed by atoms with van der Waals surface area (Å²) in [6.07, 6.45) is 8.15. The first-order valence-electron chi connectivity index (χ1n) is 11.7. The normalized spacial score (nSPS) is 45.6. The first kappa shape index (κ1) is 20.5. The van der Waals surface area contributed by atoms with Crippen LogP contribution in [0.3, 0.4) is 0 Å². The van der Waals surface area contributed by atoms with Gasteiger partial charge in [0.15, 0.2) is 5.78 Å². The lowest BCUT2D eigenvalue weighted by Gasteiger charge is -2.57. The minimum atomic E-state index is -2.64. The average molecular weight is 422 g/mol. The van der Waals surface area contributed by atoms with Gasteiger partial charge in [0.1, 0.15) is 12.1 Å². The smallest absolute Gasteiger partial charge is 0.266 e. The molecule has 7 heteroatoms. The van der Waals surface area contributed by atoms with Crippen LogP contribution in [0.15, 0.2) is 12.4 Å². The molecule has 1 N–H and O–H groups in total.